The van der Waals surface area contributed by atoms with Crippen LogP contribution >= 0.6 is 0 Å². The van der Waals surface area contributed by atoms with Gasteiger partial charge in [0.1, 0.15) is 5.65 Å². The maximum absolute atomic E-state index is 13.4. The Kier molecular flexibility index (Phi) is 6.37. The lowest BCUT2D eigenvalue weighted by atomic mass is 10.1. The van der Waals surface area contributed by atoms with Crippen LogP contribution in [0.25, 0.3) is 11.0 Å². The monoisotopic (exact) mass is 448 g/mol. The number of carbonyl (C=O) groups is 1. The third-order valence-corrected chi connectivity index (χ3v) is 6.94. The summed E-state index contributed by atoms with van der Waals surface area (Å²) in [6.07, 6.45) is 11.0. The number of hydrogen-bond donors (Lipinski definition) is 1. The molecule has 2 aromatic heterocycles. The van der Waals surface area contributed by atoms with Gasteiger partial charge in [-0.05, 0) is 48.6 Å². The Morgan fingerprint density at radius 3 is 2.82 bits per heavy atom. The van der Waals surface area contributed by atoms with Crippen molar-refractivity contribution in [1.82, 2.24) is 14.9 Å². The average molecular weight is 449 g/mol. The van der Waals surface area contributed by atoms with Gasteiger partial charge in [0.25, 0.3) is 0 Å². The maximum atomic E-state index is 13.4. The Bertz CT molecular complexity index is 1110. The Morgan fingerprint density at radius 2 is 1.97 bits per heavy atom. The largest absolute Gasteiger partial charge is 0.493 e. The summed E-state index contributed by atoms with van der Waals surface area (Å²) < 4.78 is 11.7. The molecule has 3 heterocycles. The topological polar surface area (TPSA) is 70.7 Å². The normalized spacial score (nSPS) is 17.2. The fraction of sp³-hybridized carbons (Fsp3) is 0.462. The van der Waals surface area contributed by atoms with E-state index in [1.165, 1.54) is 25.7 Å². The minimum absolute atomic E-state index is 0.0174. The second-order valence-electron chi connectivity index (χ2n) is 9.04. The number of pyridine rings is 1. The summed E-state index contributed by atoms with van der Waals surface area (Å²) in [4.78, 5) is 24.7. The number of nitrogens with zero attached hydrogens (tertiary/aromatic N) is 3. The molecule has 7 heteroatoms. The molecule has 2 aliphatic rings. The van der Waals surface area contributed by atoms with Crippen LogP contribution in [-0.2, 0) is 6.54 Å². The lowest BCUT2D eigenvalue weighted by molar-refractivity contribution is 0.192. The van der Waals surface area contributed by atoms with Gasteiger partial charge in [-0.15, -0.1) is 0 Å². The number of rotatable bonds is 8. The van der Waals surface area contributed by atoms with E-state index in [1.54, 1.807) is 13.3 Å². The van der Waals surface area contributed by atoms with E-state index < -0.39 is 0 Å². The first-order chi connectivity index (χ1) is 16.2. The zero-order valence-corrected chi connectivity index (χ0v) is 19.3. The third-order valence-electron chi connectivity index (χ3n) is 6.94. The van der Waals surface area contributed by atoms with Crippen molar-refractivity contribution in [3.63, 3.8) is 0 Å². The molecular weight excluding hydrogens is 416 g/mol. The van der Waals surface area contributed by atoms with Crippen LogP contribution in [-0.4, -0.2) is 47.7 Å². The number of methoxy groups -OCH3 is 1. The molecule has 174 valence electrons. The summed E-state index contributed by atoms with van der Waals surface area (Å²) in [6.45, 7) is 2.68. The summed E-state index contributed by atoms with van der Waals surface area (Å²) >= 11 is 0. The SMILES string of the molecule is COc1ccc(N2CCCN(Cc3ccnc4[nH]ccc34)C2=O)cc1OCCC1CCCC1. The van der Waals surface area contributed by atoms with E-state index in [2.05, 4.69) is 9.97 Å². The minimum Gasteiger partial charge on any atom is -0.493 e. The molecule has 2 fully saturated rings. The fourth-order valence-corrected chi connectivity index (χ4v) is 5.11. The lowest BCUT2D eigenvalue weighted by Gasteiger charge is -2.36. The summed E-state index contributed by atoms with van der Waals surface area (Å²) in [5.74, 6) is 2.19. The highest BCUT2D eigenvalue weighted by atomic mass is 16.5. The van der Waals surface area contributed by atoms with Crippen molar-refractivity contribution >= 4 is 22.8 Å². The first kappa shape index (κ1) is 21.6. The standard InChI is InChI=1S/C26H32N4O3/c1-32-23-8-7-21(17-24(23)33-16-11-19-5-2-3-6-19)30-15-4-14-29(26(30)31)18-20-9-12-27-25-22(20)10-13-28-25/h7-10,12-13,17,19H,2-6,11,14-16,18H2,1H3,(H,27,28). The van der Waals surface area contributed by atoms with Crippen molar-refractivity contribution in [3.8, 4) is 11.5 Å². The average Bonchev–Trinajstić information content (AvgIpc) is 3.53. The zero-order valence-electron chi connectivity index (χ0n) is 19.3. The fourth-order valence-electron chi connectivity index (χ4n) is 5.11. The molecule has 0 unspecified atom stereocenters. The molecule has 1 aliphatic heterocycles. The highest BCUT2D eigenvalue weighted by molar-refractivity contribution is 5.93. The zero-order chi connectivity index (χ0) is 22.6. The molecule has 1 saturated heterocycles. The molecule has 1 N–H and O–H groups in total. The summed E-state index contributed by atoms with van der Waals surface area (Å²) in [7, 11) is 1.66. The van der Waals surface area contributed by atoms with Gasteiger partial charge in [-0.1, -0.05) is 25.7 Å². The van der Waals surface area contributed by atoms with Crippen LogP contribution in [0.15, 0.2) is 42.7 Å². The second-order valence-corrected chi connectivity index (χ2v) is 9.04. The smallest absolute Gasteiger partial charge is 0.324 e. The molecule has 0 atom stereocenters. The first-order valence-corrected chi connectivity index (χ1v) is 12.0. The highest BCUT2D eigenvalue weighted by Gasteiger charge is 2.28. The number of aromatic amines is 1. The minimum atomic E-state index is 0.0174. The van der Waals surface area contributed by atoms with Gasteiger partial charge in [-0.3, -0.25) is 4.90 Å². The van der Waals surface area contributed by atoms with E-state index in [4.69, 9.17) is 9.47 Å². The Labute approximate surface area is 194 Å². The number of hydrogen-bond acceptors (Lipinski definition) is 4. The van der Waals surface area contributed by atoms with Crippen molar-refractivity contribution in [3.05, 3.63) is 48.3 Å². The summed E-state index contributed by atoms with van der Waals surface area (Å²) in [5.41, 5.74) is 2.80. The van der Waals surface area contributed by atoms with Gasteiger partial charge in [0.15, 0.2) is 11.5 Å². The number of fused-ring (bicyclic) bond motifs is 1. The molecule has 0 spiro atoms. The molecule has 1 saturated carbocycles. The number of carbonyl (C=O) groups excluding carboxylic acids is 1. The number of H-pyrrole nitrogens is 1. The van der Waals surface area contributed by atoms with Crippen LogP contribution in [0.4, 0.5) is 10.5 Å². The number of urea groups is 1. The Hall–Kier alpha value is -3.22. The quantitative estimate of drug-likeness (QED) is 0.503. The van der Waals surface area contributed by atoms with Crippen LogP contribution in [0, 0.1) is 5.92 Å². The summed E-state index contributed by atoms with van der Waals surface area (Å²) in [5, 5.41) is 1.06. The molecule has 7 nitrogen and oxygen atoms in total. The van der Waals surface area contributed by atoms with Crippen LogP contribution in [0.5, 0.6) is 11.5 Å². The van der Waals surface area contributed by atoms with Crippen molar-refractivity contribution in [2.75, 3.05) is 31.7 Å². The van der Waals surface area contributed by atoms with Gasteiger partial charge in [-0.2, -0.15) is 0 Å². The van der Waals surface area contributed by atoms with Crippen LogP contribution < -0.4 is 14.4 Å². The van der Waals surface area contributed by atoms with Crippen molar-refractivity contribution < 1.29 is 14.3 Å². The highest BCUT2D eigenvalue weighted by Crippen LogP contribution is 2.34. The lowest BCUT2D eigenvalue weighted by Crippen LogP contribution is -2.49. The van der Waals surface area contributed by atoms with Gasteiger partial charge >= 0.3 is 6.03 Å². The summed E-state index contributed by atoms with van der Waals surface area (Å²) in [6, 6.07) is 9.82. The van der Waals surface area contributed by atoms with E-state index >= 15 is 0 Å². The number of benzene rings is 1. The molecule has 1 aliphatic carbocycles. The predicted octanol–water partition coefficient (Wildman–Crippen LogP) is 5.36. The van der Waals surface area contributed by atoms with Crippen LogP contribution in [0.3, 0.4) is 0 Å². The van der Waals surface area contributed by atoms with Crippen molar-refractivity contribution in [2.24, 2.45) is 5.92 Å². The van der Waals surface area contributed by atoms with Gasteiger partial charge in [-0.25, -0.2) is 9.78 Å². The molecule has 1 aromatic carbocycles. The van der Waals surface area contributed by atoms with Crippen LogP contribution in [0.1, 0.15) is 44.1 Å². The Morgan fingerprint density at radius 1 is 1.09 bits per heavy atom. The number of amides is 2. The van der Waals surface area contributed by atoms with Gasteiger partial charge in [0.2, 0.25) is 0 Å². The van der Waals surface area contributed by atoms with Crippen LogP contribution in [0.2, 0.25) is 0 Å². The van der Waals surface area contributed by atoms with E-state index in [9.17, 15) is 4.79 Å². The first-order valence-electron chi connectivity index (χ1n) is 12.0. The van der Waals surface area contributed by atoms with E-state index in [0.717, 1.165) is 47.6 Å². The van der Waals surface area contributed by atoms with Gasteiger partial charge in [0.05, 0.1) is 13.7 Å². The number of nitrogens with one attached hydrogen (secondary N) is 1. The maximum Gasteiger partial charge on any atom is 0.324 e. The molecule has 0 radical (unpaired) electrons. The molecular formula is C26H32N4O3. The van der Waals surface area contributed by atoms with E-state index in [0.29, 0.717) is 31.2 Å². The van der Waals surface area contributed by atoms with Gasteiger partial charge in [0, 0.05) is 49.2 Å². The van der Waals surface area contributed by atoms with Gasteiger partial charge < -0.3 is 19.4 Å². The predicted molar refractivity (Wildman–Crippen MR) is 129 cm³/mol. The second kappa shape index (κ2) is 9.73. The molecule has 33 heavy (non-hydrogen) atoms. The van der Waals surface area contributed by atoms with E-state index in [1.807, 2.05) is 46.3 Å². The molecule has 2 amide bonds. The number of anilines is 1. The molecule has 0 bridgehead atoms. The van der Waals surface area contributed by atoms with E-state index in [-0.39, 0.29) is 6.03 Å². The van der Waals surface area contributed by atoms with Crippen molar-refractivity contribution in [1.29, 1.82) is 0 Å². The Balaban J connectivity index is 1.30. The van der Waals surface area contributed by atoms with Crippen molar-refractivity contribution in [2.45, 2.75) is 45.1 Å². The number of aromatic nitrogens is 2. The third kappa shape index (κ3) is 4.63. The molecule has 3 aromatic rings. The molecule has 5 rings (SSSR count). The number of ether oxygens (including phenoxy) is 2.